The topological polar surface area (TPSA) is 99.3 Å². The standard InChI is InChI=1S/C14H16N6O/c1-14(2,3)13-18-9-5-4-8(6-10(9)19-13)17-12(21)11-15-7-16-20-11/h4-7H,1-3H3,(H,17,21)(H,18,19)(H,15,16,20). The fourth-order valence-electron chi connectivity index (χ4n) is 1.95. The Hall–Kier alpha value is -2.70. The van der Waals surface area contributed by atoms with E-state index in [-0.39, 0.29) is 17.1 Å². The smallest absolute Gasteiger partial charge is 0.292 e. The molecule has 0 fully saturated rings. The predicted octanol–water partition coefficient (Wildman–Crippen LogP) is 2.23. The molecule has 0 saturated carbocycles. The SMILES string of the molecule is CC(C)(C)c1nc2ccc(NC(=O)c3ncn[nH]3)cc2[nH]1. The van der Waals surface area contributed by atoms with Crippen LogP contribution in [0.15, 0.2) is 24.5 Å². The lowest BCUT2D eigenvalue weighted by Gasteiger charge is -2.13. The second-order valence-electron chi connectivity index (χ2n) is 5.86. The number of benzene rings is 1. The minimum atomic E-state index is -0.331. The first-order valence-electron chi connectivity index (χ1n) is 6.60. The van der Waals surface area contributed by atoms with Crippen LogP contribution >= 0.6 is 0 Å². The van der Waals surface area contributed by atoms with Crippen molar-refractivity contribution in [3.63, 3.8) is 0 Å². The summed E-state index contributed by atoms with van der Waals surface area (Å²) < 4.78 is 0. The van der Waals surface area contributed by atoms with Crippen molar-refractivity contribution in [3.05, 3.63) is 36.2 Å². The fourth-order valence-corrected chi connectivity index (χ4v) is 1.95. The van der Waals surface area contributed by atoms with Crippen molar-refractivity contribution in [1.82, 2.24) is 25.1 Å². The van der Waals surface area contributed by atoms with E-state index in [1.54, 1.807) is 0 Å². The lowest BCUT2D eigenvalue weighted by molar-refractivity contribution is 0.101. The van der Waals surface area contributed by atoms with Crippen LogP contribution in [-0.4, -0.2) is 31.1 Å². The maximum atomic E-state index is 11.9. The summed E-state index contributed by atoms with van der Waals surface area (Å²) in [4.78, 5) is 23.6. The van der Waals surface area contributed by atoms with Gasteiger partial charge in [-0.3, -0.25) is 9.89 Å². The van der Waals surface area contributed by atoms with Gasteiger partial charge >= 0.3 is 0 Å². The lowest BCUT2D eigenvalue weighted by Crippen LogP contribution is -2.13. The molecule has 0 aliphatic heterocycles. The summed E-state index contributed by atoms with van der Waals surface area (Å²) in [7, 11) is 0. The number of imidazole rings is 1. The normalized spacial score (nSPS) is 11.8. The van der Waals surface area contributed by atoms with Gasteiger partial charge in [-0.2, -0.15) is 5.10 Å². The summed E-state index contributed by atoms with van der Waals surface area (Å²) in [6.07, 6.45) is 1.29. The van der Waals surface area contributed by atoms with E-state index in [2.05, 4.69) is 51.2 Å². The maximum absolute atomic E-state index is 11.9. The first-order valence-corrected chi connectivity index (χ1v) is 6.60. The minimum Gasteiger partial charge on any atom is -0.341 e. The number of carbonyl (C=O) groups excluding carboxylic acids is 1. The monoisotopic (exact) mass is 284 g/mol. The molecule has 7 nitrogen and oxygen atoms in total. The zero-order valence-electron chi connectivity index (χ0n) is 12.1. The van der Waals surface area contributed by atoms with Gasteiger partial charge in [0.25, 0.3) is 5.91 Å². The highest BCUT2D eigenvalue weighted by molar-refractivity contribution is 6.02. The fraction of sp³-hybridized carbons (Fsp3) is 0.286. The highest BCUT2D eigenvalue weighted by atomic mass is 16.2. The van der Waals surface area contributed by atoms with E-state index in [1.165, 1.54) is 6.33 Å². The van der Waals surface area contributed by atoms with E-state index >= 15 is 0 Å². The number of hydrogen-bond donors (Lipinski definition) is 3. The number of H-pyrrole nitrogens is 2. The number of aromatic nitrogens is 5. The molecular weight excluding hydrogens is 268 g/mol. The third kappa shape index (κ3) is 2.62. The summed E-state index contributed by atoms with van der Waals surface area (Å²) in [6, 6.07) is 5.53. The second-order valence-corrected chi connectivity index (χ2v) is 5.86. The Balaban J connectivity index is 1.89. The summed E-state index contributed by atoms with van der Waals surface area (Å²) in [5, 5.41) is 8.94. The van der Waals surface area contributed by atoms with Crippen molar-refractivity contribution in [2.24, 2.45) is 0 Å². The molecule has 0 saturated heterocycles. The zero-order chi connectivity index (χ0) is 15.0. The Kier molecular flexibility index (Phi) is 2.97. The van der Waals surface area contributed by atoms with Crippen LogP contribution in [-0.2, 0) is 5.41 Å². The molecule has 2 heterocycles. The van der Waals surface area contributed by atoms with Crippen LogP contribution in [0.4, 0.5) is 5.69 Å². The number of amides is 1. The van der Waals surface area contributed by atoms with Gasteiger partial charge in [0, 0.05) is 11.1 Å². The van der Waals surface area contributed by atoms with Crippen molar-refractivity contribution in [3.8, 4) is 0 Å². The Morgan fingerprint density at radius 1 is 1.29 bits per heavy atom. The summed E-state index contributed by atoms with van der Waals surface area (Å²) in [5.41, 5.74) is 2.38. The molecule has 0 aliphatic rings. The number of nitrogens with one attached hydrogen (secondary N) is 3. The Morgan fingerprint density at radius 3 is 2.76 bits per heavy atom. The quantitative estimate of drug-likeness (QED) is 0.672. The Bertz CT molecular complexity index is 782. The van der Waals surface area contributed by atoms with Crippen LogP contribution in [0.1, 0.15) is 37.2 Å². The molecule has 0 atom stereocenters. The van der Waals surface area contributed by atoms with Gasteiger partial charge in [-0.1, -0.05) is 20.8 Å². The van der Waals surface area contributed by atoms with E-state index in [0.717, 1.165) is 16.9 Å². The van der Waals surface area contributed by atoms with Gasteiger partial charge in [-0.25, -0.2) is 9.97 Å². The molecule has 0 spiro atoms. The molecule has 1 amide bonds. The van der Waals surface area contributed by atoms with Gasteiger partial charge in [0.15, 0.2) is 0 Å². The van der Waals surface area contributed by atoms with E-state index in [0.29, 0.717) is 5.69 Å². The second kappa shape index (κ2) is 4.69. The van der Waals surface area contributed by atoms with Crippen molar-refractivity contribution in [2.75, 3.05) is 5.32 Å². The van der Waals surface area contributed by atoms with Crippen molar-refractivity contribution in [1.29, 1.82) is 0 Å². The number of nitrogens with zero attached hydrogens (tertiary/aromatic N) is 3. The summed E-state index contributed by atoms with van der Waals surface area (Å²) in [6.45, 7) is 6.28. The van der Waals surface area contributed by atoms with Crippen LogP contribution < -0.4 is 5.32 Å². The Labute approximate surface area is 121 Å². The molecular formula is C14H16N6O. The molecule has 21 heavy (non-hydrogen) atoms. The molecule has 7 heteroatoms. The van der Waals surface area contributed by atoms with Gasteiger partial charge in [-0.05, 0) is 18.2 Å². The molecule has 0 bridgehead atoms. The number of aromatic amines is 2. The third-order valence-corrected chi connectivity index (χ3v) is 3.08. The first kappa shape index (κ1) is 13.3. The lowest BCUT2D eigenvalue weighted by atomic mass is 9.96. The highest BCUT2D eigenvalue weighted by Gasteiger charge is 2.18. The highest BCUT2D eigenvalue weighted by Crippen LogP contribution is 2.24. The van der Waals surface area contributed by atoms with Gasteiger partial charge < -0.3 is 10.3 Å². The largest absolute Gasteiger partial charge is 0.341 e. The van der Waals surface area contributed by atoms with Crippen molar-refractivity contribution < 1.29 is 4.79 Å². The van der Waals surface area contributed by atoms with E-state index in [4.69, 9.17) is 0 Å². The summed E-state index contributed by atoms with van der Waals surface area (Å²) in [5.74, 6) is 0.758. The van der Waals surface area contributed by atoms with Crippen LogP contribution in [0.25, 0.3) is 11.0 Å². The van der Waals surface area contributed by atoms with Crippen molar-refractivity contribution >= 4 is 22.6 Å². The predicted molar refractivity (Wildman–Crippen MR) is 79.1 cm³/mol. The molecule has 108 valence electrons. The molecule has 1 aromatic carbocycles. The number of carbonyl (C=O) groups is 1. The van der Waals surface area contributed by atoms with E-state index < -0.39 is 0 Å². The average Bonchev–Trinajstić information content (AvgIpc) is 3.06. The number of hydrogen-bond acceptors (Lipinski definition) is 4. The van der Waals surface area contributed by atoms with Crippen LogP contribution in [0.3, 0.4) is 0 Å². The molecule has 0 unspecified atom stereocenters. The number of anilines is 1. The molecule has 0 radical (unpaired) electrons. The van der Waals surface area contributed by atoms with Crippen LogP contribution in [0, 0.1) is 0 Å². The molecule has 2 aromatic heterocycles. The molecule has 0 aliphatic carbocycles. The van der Waals surface area contributed by atoms with Gasteiger partial charge in [-0.15, -0.1) is 0 Å². The van der Waals surface area contributed by atoms with E-state index in [1.807, 2.05) is 18.2 Å². The Morgan fingerprint density at radius 2 is 2.10 bits per heavy atom. The van der Waals surface area contributed by atoms with Gasteiger partial charge in [0.1, 0.15) is 12.2 Å². The first-order chi connectivity index (χ1) is 9.93. The maximum Gasteiger partial charge on any atom is 0.292 e. The zero-order valence-corrected chi connectivity index (χ0v) is 12.1. The molecule has 3 N–H and O–H groups in total. The minimum absolute atomic E-state index is 0.0533. The van der Waals surface area contributed by atoms with Crippen LogP contribution in [0.5, 0.6) is 0 Å². The van der Waals surface area contributed by atoms with Crippen LogP contribution in [0.2, 0.25) is 0 Å². The van der Waals surface area contributed by atoms with Gasteiger partial charge in [0.2, 0.25) is 5.82 Å². The number of fused-ring (bicyclic) bond motifs is 1. The molecule has 3 aromatic rings. The molecule has 3 rings (SSSR count). The van der Waals surface area contributed by atoms with Crippen molar-refractivity contribution in [2.45, 2.75) is 26.2 Å². The average molecular weight is 284 g/mol. The van der Waals surface area contributed by atoms with E-state index in [9.17, 15) is 4.79 Å². The summed E-state index contributed by atoms with van der Waals surface area (Å²) >= 11 is 0. The number of rotatable bonds is 2. The van der Waals surface area contributed by atoms with Gasteiger partial charge in [0.05, 0.1) is 11.0 Å². The third-order valence-electron chi connectivity index (χ3n) is 3.08.